The lowest BCUT2D eigenvalue weighted by molar-refractivity contribution is -0.136. The van der Waals surface area contributed by atoms with E-state index in [4.69, 9.17) is 0 Å². The van der Waals surface area contributed by atoms with Gasteiger partial charge in [0.05, 0.1) is 11.4 Å². The van der Waals surface area contributed by atoms with Crippen LogP contribution in [-0.2, 0) is 19.6 Å². The monoisotopic (exact) mass is 436 g/mol. The third kappa shape index (κ3) is 5.19. The van der Waals surface area contributed by atoms with Crippen LogP contribution in [0, 0.1) is 6.92 Å². The van der Waals surface area contributed by atoms with E-state index in [1.165, 1.54) is 4.31 Å². The van der Waals surface area contributed by atoms with E-state index < -0.39 is 16.1 Å². The number of nitrogens with zero attached hydrogens (tertiary/aromatic N) is 3. The number of benzene rings is 1. The summed E-state index contributed by atoms with van der Waals surface area (Å²) in [5.41, 5.74) is 0.989. The van der Waals surface area contributed by atoms with Crippen molar-refractivity contribution >= 4 is 21.8 Å². The molecule has 1 N–H and O–H groups in total. The molecular formula is C21H32N4O4S. The average molecular weight is 437 g/mol. The largest absolute Gasteiger partial charge is 0.353 e. The van der Waals surface area contributed by atoms with Crippen molar-refractivity contribution in [2.75, 3.05) is 39.3 Å². The number of hydrogen-bond donors (Lipinski definition) is 1. The number of piperazine rings is 1. The highest BCUT2D eigenvalue weighted by Crippen LogP contribution is 2.27. The molecule has 2 aliphatic rings. The van der Waals surface area contributed by atoms with Crippen molar-refractivity contribution < 1.29 is 18.0 Å². The van der Waals surface area contributed by atoms with Gasteiger partial charge in [0.15, 0.2) is 0 Å². The first-order valence-electron chi connectivity index (χ1n) is 10.6. The van der Waals surface area contributed by atoms with Crippen LogP contribution in [0.3, 0.4) is 0 Å². The Morgan fingerprint density at radius 3 is 2.30 bits per heavy atom. The minimum Gasteiger partial charge on any atom is -0.353 e. The van der Waals surface area contributed by atoms with Crippen molar-refractivity contribution in [1.29, 1.82) is 0 Å². The molecule has 1 atom stereocenters. The summed E-state index contributed by atoms with van der Waals surface area (Å²) in [7, 11) is -3.70. The molecule has 0 radical (unpaired) electrons. The van der Waals surface area contributed by atoms with Crippen LogP contribution >= 0.6 is 0 Å². The van der Waals surface area contributed by atoms with E-state index in [0.29, 0.717) is 52.1 Å². The Morgan fingerprint density at radius 1 is 1.07 bits per heavy atom. The van der Waals surface area contributed by atoms with Gasteiger partial charge in [-0.1, -0.05) is 17.7 Å². The number of rotatable bonds is 6. The number of nitrogens with one attached hydrogen (secondary N) is 1. The fraction of sp³-hybridized carbons (Fsp3) is 0.619. The fourth-order valence-electron chi connectivity index (χ4n) is 4.03. The number of amides is 2. The van der Waals surface area contributed by atoms with E-state index in [9.17, 15) is 18.0 Å². The molecule has 30 heavy (non-hydrogen) atoms. The highest BCUT2D eigenvalue weighted by atomic mass is 32.2. The summed E-state index contributed by atoms with van der Waals surface area (Å²) in [6, 6.07) is 6.20. The second kappa shape index (κ2) is 9.45. The van der Waals surface area contributed by atoms with Crippen LogP contribution in [0.4, 0.5) is 0 Å². The highest BCUT2D eigenvalue weighted by molar-refractivity contribution is 7.89. The summed E-state index contributed by atoms with van der Waals surface area (Å²) in [6.07, 6.45) is 1.22. The molecule has 2 fully saturated rings. The summed E-state index contributed by atoms with van der Waals surface area (Å²) in [5, 5.41) is 2.88. The van der Waals surface area contributed by atoms with Gasteiger partial charge in [-0.3, -0.25) is 14.5 Å². The van der Waals surface area contributed by atoms with E-state index in [1.807, 2.05) is 25.7 Å². The molecule has 1 aromatic carbocycles. The van der Waals surface area contributed by atoms with Gasteiger partial charge in [-0.2, -0.15) is 4.31 Å². The number of hydrogen-bond acceptors (Lipinski definition) is 5. The molecule has 0 unspecified atom stereocenters. The van der Waals surface area contributed by atoms with Crippen molar-refractivity contribution in [2.45, 2.75) is 50.6 Å². The van der Waals surface area contributed by atoms with Crippen LogP contribution in [0.15, 0.2) is 29.2 Å². The summed E-state index contributed by atoms with van der Waals surface area (Å²) < 4.78 is 27.6. The molecule has 0 aliphatic carbocycles. The third-order valence-electron chi connectivity index (χ3n) is 5.62. The predicted octanol–water partition coefficient (Wildman–Crippen LogP) is 0.817. The predicted molar refractivity (Wildman–Crippen MR) is 114 cm³/mol. The molecular weight excluding hydrogens is 404 g/mol. The first-order valence-corrected chi connectivity index (χ1v) is 12.0. The first-order chi connectivity index (χ1) is 14.2. The van der Waals surface area contributed by atoms with Crippen molar-refractivity contribution in [1.82, 2.24) is 19.4 Å². The van der Waals surface area contributed by atoms with E-state index in [1.54, 1.807) is 29.2 Å². The van der Waals surface area contributed by atoms with Gasteiger partial charge in [0.2, 0.25) is 21.8 Å². The minimum absolute atomic E-state index is 0.0177. The van der Waals surface area contributed by atoms with Crippen molar-refractivity contribution in [3.8, 4) is 0 Å². The second-order valence-electron chi connectivity index (χ2n) is 8.41. The van der Waals surface area contributed by atoms with E-state index in [0.717, 1.165) is 5.56 Å². The zero-order valence-corrected chi connectivity index (χ0v) is 18.8. The summed E-state index contributed by atoms with van der Waals surface area (Å²) in [6.45, 7) is 8.65. The third-order valence-corrected chi connectivity index (χ3v) is 7.54. The summed E-state index contributed by atoms with van der Waals surface area (Å²) in [5.74, 6) is -0.148. The molecule has 3 rings (SSSR count). The normalized spacial score (nSPS) is 21.2. The Morgan fingerprint density at radius 2 is 1.70 bits per heavy atom. The van der Waals surface area contributed by atoms with Crippen molar-refractivity contribution in [3.63, 3.8) is 0 Å². The smallest absolute Gasteiger partial charge is 0.243 e. The molecule has 1 aromatic rings. The number of carbonyl (C=O) groups is 2. The zero-order chi connectivity index (χ0) is 21.9. The molecule has 0 spiro atoms. The maximum absolute atomic E-state index is 13.1. The molecule has 0 aromatic heterocycles. The van der Waals surface area contributed by atoms with Gasteiger partial charge < -0.3 is 10.2 Å². The molecule has 8 nitrogen and oxygen atoms in total. The molecule has 2 amide bonds. The zero-order valence-electron chi connectivity index (χ0n) is 18.0. The average Bonchev–Trinajstić information content (AvgIpc) is 3.18. The topological polar surface area (TPSA) is 90.0 Å². The molecule has 9 heteroatoms. The SMILES string of the molecule is Cc1ccc(S(=O)(=O)N2CCC[C@H]2C(=O)N2CCN(CC(=O)NC(C)C)CC2)cc1. The van der Waals surface area contributed by atoms with E-state index in [-0.39, 0.29) is 22.8 Å². The van der Waals surface area contributed by atoms with Gasteiger partial charge in [-0.05, 0) is 45.7 Å². The standard InChI is InChI=1S/C21H32N4O4S/c1-16(2)22-20(26)15-23-11-13-24(14-12-23)21(27)19-5-4-10-25(19)30(28,29)18-8-6-17(3)7-9-18/h6-9,16,19H,4-5,10-15H2,1-3H3,(H,22,26)/t19-/m0/s1. The van der Waals surface area contributed by atoms with Crippen molar-refractivity contribution in [3.05, 3.63) is 29.8 Å². The molecule has 2 saturated heterocycles. The Kier molecular flexibility index (Phi) is 7.15. The van der Waals surface area contributed by atoms with E-state index >= 15 is 0 Å². The van der Waals surface area contributed by atoms with Crippen LogP contribution in [0.1, 0.15) is 32.3 Å². The maximum Gasteiger partial charge on any atom is 0.243 e. The second-order valence-corrected chi connectivity index (χ2v) is 10.3. The maximum atomic E-state index is 13.1. The minimum atomic E-state index is -3.70. The Labute approximate surface area is 179 Å². The first kappa shape index (κ1) is 22.7. The molecule has 2 aliphatic heterocycles. The van der Waals surface area contributed by atoms with Gasteiger partial charge in [0, 0.05) is 38.8 Å². The number of sulfonamides is 1. The van der Waals surface area contributed by atoms with Gasteiger partial charge in [0.1, 0.15) is 6.04 Å². The lowest BCUT2D eigenvalue weighted by Gasteiger charge is -2.37. The van der Waals surface area contributed by atoms with Crippen LogP contribution < -0.4 is 5.32 Å². The fourth-order valence-corrected chi connectivity index (χ4v) is 5.68. The van der Waals surface area contributed by atoms with Crippen LogP contribution in [0.25, 0.3) is 0 Å². The Bertz CT molecular complexity index is 861. The summed E-state index contributed by atoms with van der Waals surface area (Å²) in [4.78, 5) is 29.1. The van der Waals surface area contributed by atoms with Gasteiger partial charge in [0.25, 0.3) is 0 Å². The van der Waals surface area contributed by atoms with E-state index in [2.05, 4.69) is 5.32 Å². The van der Waals surface area contributed by atoms with Gasteiger partial charge >= 0.3 is 0 Å². The number of aryl methyl sites for hydroxylation is 1. The lowest BCUT2D eigenvalue weighted by atomic mass is 10.2. The van der Waals surface area contributed by atoms with Crippen molar-refractivity contribution in [2.24, 2.45) is 0 Å². The molecule has 0 bridgehead atoms. The Hall–Kier alpha value is -1.97. The van der Waals surface area contributed by atoms with Crippen LogP contribution in [0.2, 0.25) is 0 Å². The molecule has 0 saturated carbocycles. The van der Waals surface area contributed by atoms with Gasteiger partial charge in [-0.25, -0.2) is 8.42 Å². The lowest BCUT2D eigenvalue weighted by Crippen LogP contribution is -2.55. The highest BCUT2D eigenvalue weighted by Gasteiger charge is 2.41. The van der Waals surface area contributed by atoms with Crippen LogP contribution in [-0.4, -0.2) is 85.7 Å². The number of carbonyl (C=O) groups excluding carboxylic acids is 2. The summed E-state index contributed by atoms with van der Waals surface area (Å²) >= 11 is 0. The molecule has 2 heterocycles. The quantitative estimate of drug-likeness (QED) is 0.713. The molecule has 166 valence electrons. The Balaban J connectivity index is 1.61. The van der Waals surface area contributed by atoms with Crippen LogP contribution in [0.5, 0.6) is 0 Å². The van der Waals surface area contributed by atoms with Gasteiger partial charge in [-0.15, -0.1) is 0 Å².